The van der Waals surface area contributed by atoms with Gasteiger partial charge < -0.3 is 15.4 Å². The zero-order chi connectivity index (χ0) is 18.5. The highest BCUT2D eigenvalue weighted by Crippen LogP contribution is 2.28. The first-order valence-electron chi connectivity index (χ1n) is 7.98. The van der Waals surface area contributed by atoms with E-state index in [0.29, 0.717) is 23.3 Å². The molecule has 0 spiro atoms. The monoisotopic (exact) mass is 388 g/mol. The van der Waals surface area contributed by atoms with Gasteiger partial charge in [-0.05, 0) is 42.8 Å². The molecular formula is C19H18Cl2N4O. The Hall–Kier alpha value is -2.50. The van der Waals surface area contributed by atoms with Crippen LogP contribution in [0.3, 0.4) is 0 Å². The molecule has 0 unspecified atom stereocenters. The van der Waals surface area contributed by atoms with Gasteiger partial charge in [-0.25, -0.2) is 4.98 Å². The fourth-order valence-corrected chi connectivity index (χ4v) is 2.77. The molecular weight excluding hydrogens is 371 g/mol. The molecule has 2 aromatic carbocycles. The molecule has 0 saturated heterocycles. The lowest BCUT2D eigenvalue weighted by molar-refractivity contribution is 0.415. The molecule has 0 aliphatic carbocycles. The Morgan fingerprint density at radius 1 is 1.00 bits per heavy atom. The Balaban J connectivity index is 1.72. The number of anilines is 3. The first-order valence-corrected chi connectivity index (χ1v) is 8.73. The smallest absolute Gasteiger partial charge is 0.229 e. The maximum atomic E-state index is 6.16. The van der Waals surface area contributed by atoms with Gasteiger partial charge in [0.2, 0.25) is 5.95 Å². The largest absolute Gasteiger partial charge is 0.495 e. The zero-order valence-corrected chi connectivity index (χ0v) is 15.9. The fraction of sp³-hybridized carbons (Fsp3) is 0.158. The highest BCUT2D eigenvalue weighted by molar-refractivity contribution is 6.32. The maximum absolute atomic E-state index is 6.16. The molecule has 2 N–H and O–H groups in total. The Kier molecular flexibility index (Phi) is 5.81. The van der Waals surface area contributed by atoms with Gasteiger partial charge in [-0.3, -0.25) is 0 Å². The van der Waals surface area contributed by atoms with E-state index in [-0.39, 0.29) is 0 Å². The molecule has 134 valence electrons. The summed E-state index contributed by atoms with van der Waals surface area (Å²) in [5, 5.41) is 7.70. The van der Waals surface area contributed by atoms with Crippen molar-refractivity contribution in [3.8, 4) is 5.75 Å². The molecule has 0 fully saturated rings. The van der Waals surface area contributed by atoms with Crippen molar-refractivity contribution in [1.82, 2.24) is 9.97 Å². The van der Waals surface area contributed by atoms with Gasteiger partial charge in [-0.2, -0.15) is 4.98 Å². The second kappa shape index (κ2) is 8.25. The first kappa shape index (κ1) is 18.3. The Labute approximate surface area is 162 Å². The molecule has 0 aliphatic heterocycles. The van der Waals surface area contributed by atoms with Gasteiger partial charge in [0.05, 0.1) is 12.1 Å². The van der Waals surface area contributed by atoms with E-state index in [2.05, 4.69) is 20.6 Å². The molecule has 3 aromatic rings. The van der Waals surface area contributed by atoms with Crippen molar-refractivity contribution < 1.29 is 4.74 Å². The first-order chi connectivity index (χ1) is 12.5. The van der Waals surface area contributed by atoms with Crippen molar-refractivity contribution >= 4 is 40.7 Å². The molecule has 26 heavy (non-hydrogen) atoms. The summed E-state index contributed by atoms with van der Waals surface area (Å²) in [6.45, 7) is 2.56. The number of aromatic nitrogens is 2. The topological polar surface area (TPSA) is 59.1 Å². The highest BCUT2D eigenvalue weighted by atomic mass is 35.5. The van der Waals surface area contributed by atoms with Gasteiger partial charge >= 0.3 is 0 Å². The second-order valence-corrected chi connectivity index (χ2v) is 6.52. The van der Waals surface area contributed by atoms with E-state index in [1.807, 2.05) is 43.3 Å². The number of methoxy groups -OCH3 is 1. The molecule has 0 radical (unpaired) electrons. The third-order valence-electron chi connectivity index (χ3n) is 3.65. The molecule has 0 aliphatic rings. The zero-order valence-electron chi connectivity index (χ0n) is 14.4. The number of hydrogen-bond donors (Lipinski definition) is 2. The Morgan fingerprint density at radius 2 is 1.77 bits per heavy atom. The van der Waals surface area contributed by atoms with Crippen LogP contribution in [0.4, 0.5) is 17.5 Å². The van der Waals surface area contributed by atoms with Gasteiger partial charge in [0.15, 0.2) is 0 Å². The molecule has 0 saturated carbocycles. The van der Waals surface area contributed by atoms with Crippen LogP contribution in [-0.4, -0.2) is 17.1 Å². The molecule has 0 bridgehead atoms. The average Bonchev–Trinajstić information content (AvgIpc) is 2.61. The number of halogens is 2. The van der Waals surface area contributed by atoms with Gasteiger partial charge in [0.1, 0.15) is 11.6 Å². The summed E-state index contributed by atoms with van der Waals surface area (Å²) in [4.78, 5) is 8.91. The standard InChI is InChI=1S/C19H18Cl2N4O/c1-12-9-18(22-11-13-3-5-14(20)6-4-13)25-19(23-12)24-15-7-8-17(26-2)16(21)10-15/h3-10H,11H2,1-2H3,(H2,22,23,24,25). The van der Waals surface area contributed by atoms with Crippen molar-refractivity contribution in [3.05, 3.63) is 69.8 Å². The number of benzene rings is 2. The van der Waals surface area contributed by atoms with Crippen molar-refractivity contribution in [2.45, 2.75) is 13.5 Å². The summed E-state index contributed by atoms with van der Waals surface area (Å²) in [6, 6.07) is 15.0. The van der Waals surface area contributed by atoms with Crippen LogP contribution in [0.15, 0.2) is 48.5 Å². The van der Waals surface area contributed by atoms with Crippen molar-refractivity contribution in [2.75, 3.05) is 17.7 Å². The van der Waals surface area contributed by atoms with E-state index in [9.17, 15) is 0 Å². The van der Waals surface area contributed by atoms with Crippen LogP contribution >= 0.6 is 23.2 Å². The minimum atomic E-state index is 0.491. The summed E-state index contributed by atoms with van der Waals surface area (Å²) in [5.74, 6) is 1.84. The van der Waals surface area contributed by atoms with Gasteiger partial charge in [-0.15, -0.1) is 0 Å². The summed E-state index contributed by atoms with van der Waals surface area (Å²) >= 11 is 12.1. The number of nitrogens with one attached hydrogen (secondary N) is 2. The van der Waals surface area contributed by atoms with Crippen LogP contribution in [0.5, 0.6) is 5.75 Å². The predicted molar refractivity (Wildman–Crippen MR) is 107 cm³/mol. The van der Waals surface area contributed by atoms with Crippen molar-refractivity contribution in [3.63, 3.8) is 0 Å². The van der Waals surface area contributed by atoms with Gasteiger partial charge in [-0.1, -0.05) is 35.3 Å². The number of rotatable bonds is 6. The number of nitrogens with zero attached hydrogens (tertiary/aromatic N) is 2. The number of hydrogen-bond acceptors (Lipinski definition) is 5. The quantitative estimate of drug-likeness (QED) is 0.587. The summed E-state index contributed by atoms with van der Waals surface area (Å²) in [7, 11) is 1.58. The number of aryl methyl sites for hydroxylation is 1. The van der Waals surface area contributed by atoms with Crippen LogP contribution in [0.1, 0.15) is 11.3 Å². The van der Waals surface area contributed by atoms with Crippen molar-refractivity contribution in [2.24, 2.45) is 0 Å². The van der Waals surface area contributed by atoms with Crippen LogP contribution in [0.25, 0.3) is 0 Å². The Morgan fingerprint density at radius 3 is 2.46 bits per heavy atom. The lowest BCUT2D eigenvalue weighted by Gasteiger charge is -2.11. The fourth-order valence-electron chi connectivity index (χ4n) is 2.38. The molecule has 0 atom stereocenters. The third-order valence-corrected chi connectivity index (χ3v) is 4.20. The van der Waals surface area contributed by atoms with Crippen LogP contribution < -0.4 is 15.4 Å². The SMILES string of the molecule is COc1ccc(Nc2nc(C)cc(NCc3ccc(Cl)cc3)n2)cc1Cl. The normalized spacial score (nSPS) is 10.5. The van der Waals surface area contributed by atoms with E-state index in [1.165, 1.54) is 0 Å². The van der Waals surface area contributed by atoms with Crippen LogP contribution in [0, 0.1) is 6.92 Å². The number of ether oxygens (including phenoxy) is 1. The van der Waals surface area contributed by atoms with E-state index >= 15 is 0 Å². The summed E-state index contributed by atoms with van der Waals surface area (Å²) < 4.78 is 5.16. The van der Waals surface area contributed by atoms with Gasteiger partial charge in [0.25, 0.3) is 0 Å². The third kappa shape index (κ3) is 4.77. The minimum Gasteiger partial charge on any atom is -0.495 e. The highest BCUT2D eigenvalue weighted by Gasteiger charge is 2.06. The molecule has 5 nitrogen and oxygen atoms in total. The van der Waals surface area contributed by atoms with E-state index < -0.39 is 0 Å². The van der Waals surface area contributed by atoms with E-state index in [0.717, 1.165) is 27.8 Å². The van der Waals surface area contributed by atoms with E-state index in [1.54, 1.807) is 19.2 Å². The lowest BCUT2D eigenvalue weighted by atomic mass is 10.2. The summed E-state index contributed by atoms with van der Waals surface area (Å²) in [5.41, 5.74) is 2.74. The summed E-state index contributed by atoms with van der Waals surface area (Å²) in [6.07, 6.45) is 0. The average molecular weight is 389 g/mol. The molecule has 7 heteroatoms. The lowest BCUT2D eigenvalue weighted by Crippen LogP contribution is -2.05. The molecule has 0 amide bonds. The van der Waals surface area contributed by atoms with Crippen LogP contribution in [-0.2, 0) is 6.54 Å². The minimum absolute atomic E-state index is 0.491. The molecule has 3 rings (SSSR count). The maximum Gasteiger partial charge on any atom is 0.229 e. The van der Waals surface area contributed by atoms with Gasteiger partial charge in [0, 0.05) is 29.0 Å². The molecule has 1 aromatic heterocycles. The van der Waals surface area contributed by atoms with Crippen LogP contribution in [0.2, 0.25) is 10.0 Å². The second-order valence-electron chi connectivity index (χ2n) is 5.67. The Bertz CT molecular complexity index is 901. The molecule has 1 heterocycles. The van der Waals surface area contributed by atoms with Crippen molar-refractivity contribution in [1.29, 1.82) is 0 Å². The predicted octanol–water partition coefficient (Wildman–Crippen LogP) is 5.46. The van der Waals surface area contributed by atoms with E-state index in [4.69, 9.17) is 27.9 Å².